The van der Waals surface area contributed by atoms with Gasteiger partial charge < -0.3 is 5.11 Å². The van der Waals surface area contributed by atoms with E-state index in [0.29, 0.717) is 10.0 Å². The van der Waals surface area contributed by atoms with Gasteiger partial charge in [-0.1, -0.05) is 53.5 Å². The quantitative estimate of drug-likeness (QED) is 0.534. The summed E-state index contributed by atoms with van der Waals surface area (Å²) in [5, 5.41) is 9.40. The smallest absolute Gasteiger partial charge is 0.0895 e. The number of hydrogen-bond acceptors (Lipinski definition) is 2. The zero-order valence-electron chi connectivity index (χ0n) is 13.1. The topological polar surface area (TPSA) is 33.1 Å². The van der Waals surface area contributed by atoms with Crippen LogP contribution in [0.3, 0.4) is 0 Å². The Labute approximate surface area is 151 Å². The van der Waals surface area contributed by atoms with Crippen molar-refractivity contribution in [1.29, 1.82) is 0 Å². The first-order chi connectivity index (χ1) is 11.2. The molecule has 0 amide bonds. The Morgan fingerprint density at radius 2 is 1.48 bits per heavy atom. The predicted octanol–water partition coefficient (Wildman–Crippen LogP) is 5.98. The molecule has 3 rings (SSSR count). The van der Waals surface area contributed by atoms with Gasteiger partial charge in [0, 0.05) is 29.5 Å². The van der Waals surface area contributed by atoms with Crippen LogP contribution in [-0.2, 0) is 0 Å². The SMILES string of the molecule is CCl.CO.Cc1cc2cccc(Cl)c2nc1-c1ccccc1Cl. The Hall–Kier alpha value is -1.32. The maximum absolute atomic E-state index is 7.00. The molecule has 1 aromatic heterocycles. The van der Waals surface area contributed by atoms with Gasteiger partial charge >= 0.3 is 0 Å². The number of fused-ring (bicyclic) bond motifs is 1. The summed E-state index contributed by atoms with van der Waals surface area (Å²) in [6, 6.07) is 15.6. The van der Waals surface area contributed by atoms with E-state index in [1.165, 1.54) is 6.38 Å². The summed E-state index contributed by atoms with van der Waals surface area (Å²) < 4.78 is 0. The zero-order chi connectivity index (χ0) is 17.4. The van der Waals surface area contributed by atoms with Crippen molar-refractivity contribution in [1.82, 2.24) is 4.98 Å². The van der Waals surface area contributed by atoms with Crippen LogP contribution in [-0.4, -0.2) is 23.6 Å². The van der Waals surface area contributed by atoms with E-state index >= 15 is 0 Å². The van der Waals surface area contributed by atoms with E-state index in [2.05, 4.69) is 22.7 Å². The second-order valence-corrected chi connectivity index (χ2v) is 5.26. The van der Waals surface area contributed by atoms with Gasteiger partial charge in [0.2, 0.25) is 0 Å². The standard InChI is InChI=1S/C16H11Cl2N.CH3Cl.CH4O/c1-10-9-11-5-4-8-14(18)16(11)19-15(10)12-6-2-3-7-13(12)17;2*1-2/h2-9H,1H3;1H3;2H,1H3. The Bertz CT molecular complexity index is 775. The first-order valence-corrected chi connectivity index (χ1v) is 8.31. The van der Waals surface area contributed by atoms with Crippen molar-refractivity contribution in [3.05, 3.63) is 64.1 Å². The van der Waals surface area contributed by atoms with E-state index in [0.717, 1.165) is 34.8 Å². The largest absolute Gasteiger partial charge is 0.400 e. The van der Waals surface area contributed by atoms with Gasteiger partial charge in [-0.15, -0.1) is 11.6 Å². The van der Waals surface area contributed by atoms with E-state index in [9.17, 15) is 0 Å². The molecular formula is C18H18Cl3NO. The van der Waals surface area contributed by atoms with Crippen LogP contribution < -0.4 is 0 Å². The second-order valence-electron chi connectivity index (χ2n) is 4.45. The molecule has 0 atom stereocenters. The number of hydrogen-bond donors (Lipinski definition) is 1. The Kier molecular flexibility index (Phi) is 8.35. The van der Waals surface area contributed by atoms with Crippen molar-refractivity contribution in [2.24, 2.45) is 0 Å². The Morgan fingerprint density at radius 1 is 0.870 bits per heavy atom. The van der Waals surface area contributed by atoms with Gasteiger partial charge in [-0.05, 0) is 30.7 Å². The third kappa shape index (κ3) is 4.58. The molecular weight excluding hydrogens is 353 g/mol. The summed E-state index contributed by atoms with van der Waals surface area (Å²) in [6.45, 7) is 2.03. The minimum absolute atomic E-state index is 0.658. The van der Waals surface area contributed by atoms with Crippen LogP contribution in [0.15, 0.2) is 48.5 Å². The van der Waals surface area contributed by atoms with E-state index < -0.39 is 0 Å². The van der Waals surface area contributed by atoms with Gasteiger partial charge in [-0.25, -0.2) is 4.98 Å². The third-order valence-corrected chi connectivity index (χ3v) is 3.75. The molecule has 122 valence electrons. The number of halogens is 3. The molecule has 0 spiro atoms. The van der Waals surface area contributed by atoms with Crippen molar-refractivity contribution in [3.8, 4) is 11.3 Å². The lowest BCUT2D eigenvalue weighted by Gasteiger charge is -2.09. The van der Waals surface area contributed by atoms with Gasteiger partial charge in [0.15, 0.2) is 0 Å². The van der Waals surface area contributed by atoms with Crippen LogP contribution in [0, 0.1) is 6.92 Å². The number of nitrogens with zero attached hydrogens (tertiary/aromatic N) is 1. The van der Waals surface area contributed by atoms with Gasteiger partial charge in [0.1, 0.15) is 0 Å². The van der Waals surface area contributed by atoms with Crippen LogP contribution in [0.1, 0.15) is 5.56 Å². The fourth-order valence-corrected chi connectivity index (χ4v) is 2.64. The zero-order valence-corrected chi connectivity index (χ0v) is 15.4. The highest BCUT2D eigenvalue weighted by Gasteiger charge is 2.10. The summed E-state index contributed by atoms with van der Waals surface area (Å²) >= 11 is 17.1. The molecule has 0 fully saturated rings. The van der Waals surface area contributed by atoms with Crippen LogP contribution in [0.4, 0.5) is 0 Å². The van der Waals surface area contributed by atoms with Gasteiger partial charge in [-0.3, -0.25) is 0 Å². The molecule has 23 heavy (non-hydrogen) atoms. The van der Waals surface area contributed by atoms with E-state index in [1.807, 2.05) is 49.4 Å². The van der Waals surface area contributed by atoms with Crippen molar-refractivity contribution in [3.63, 3.8) is 0 Å². The Morgan fingerprint density at radius 3 is 2.13 bits per heavy atom. The minimum atomic E-state index is 0.658. The molecule has 1 heterocycles. The summed E-state index contributed by atoms with van der Waals surface area (Å²) in [5.41, 5.74) is 3.71. The molecule has 1 N–H and O–H groups in total. The molecule has 2 nitrogen and oxygen atoms in total. The third-order valence-electron chi connectivity index (χ3n) is 3.12. The molecule has 0 aliphatic heterocycles. The number of pyridine rings is 1. The molecule has 0 bridgehead atoms. The lowest BCUT2D eigenvalue weighted by atomic mass is 10.0. The average Bonchev–Trinajstić information content (AvgIpc) is 2.59. The van der Waals surface area contributed by atoms with Crippen molar-refractivity contribution >= 4 is 45.7 Å². The number of aliphatic hydroxyl groups excluding tert-OH is 1. The molecule has 3 aromatic rings. The van der Waals surface area contributed by atoms with E-state index in [1.54, 1.807) is 0 Å². The maximum Gasteiger partial charge on any atom is 0.0895 e. The number of para-hydroxylation sites is 1. The molecule has 5 heteroatoms. The highest BCUT2D eigenvalue weighted by Crippen LogP contribution is 2.32. The van der Waals surface area contributed by atoms with Gasteiger partial charge in [0.05, 0.1) is 16.2 Å². The summed E-state index contributed by atoms with van der Waals surface area (Å²) in [5.74, 6) is 0. The molecule has 0 radical (unpaired) electrons. The molecule has 0 saturated heterocycles. The van der Waals surface area contributed by atoms with Crippen LogP contribution in [0.25, 0.3) is 22.2 Å². The number of aliphatic hydroxyl groups is 1. The molecule has 2 aromatic carbocycles. The second kappa shape index (κ2) is 9.74. The van der Waals surface area contributed by atoms with Crippen molar-refractivity contribution < 1.29 is 5.11 Å². The first kappa shape index (κ1) is 19.7. The fraction of sp³-hybridized carbons (Fsp3) is 0.167. The maximum atomic E-state index is 7.00. The average molecular weight is 371 g/mol. The number of benzene rings is 2. The predicted molar refractivity (Wildman–Crippen MR) is 102 cm³/mol. The van der Waals surface area contributed by atoms with Crippen LogP contribution >= 0.6 is 34.8 Å². The van der Waals surface area contributed by atoms with E-state index in [-0.39, 0.29) is 0 Å². The van der Waals surface area contributed by atoms with E-state index in [4.69, 9.17) is 28.3 Å². The highest BCUT2D eigenvalue weighted by atomic mass is 35.5. The van der Waals surface area contributed by atoms with Gasteiger partial charge in [0.25, 0.3) is 0 Å². The lowest BCUT2D eigenvalue weighted by Crippen LogP contribution is -1.91. The molecule has 0 unspecified atom stereocenters. The molecule has 0 aliphatic carbocycles. The summed E-state index contributed by atoms with van der Waals surface area (Å²) in [4.78, 5) is 4.69. The first-order valence-electron chi connectivity index (χ1n) is 6.80. The fourth-order valence-electron chi connectivity index (χ4n) is 2.19. The van der Waals surface area contributed by atoms with Crippen LogP contribution in [0.5, 0.6) is 0 Å². The summed E-state index contributed by atoms with van der Waals surface area (Å²) in [6.07, 6.45) is 1.47. The van der Waals surface area contributed by atoms with Gasteiger partial charge in [-0.2, -0.15) is 0 Å². The number of alkyl halides is 1. The summed E-state index contributed by atoms with van der Waals surface area (Å²) in [7, 11) is 1.00. The van der Waals surface area contributed by atoms with Crippen molar-refractivity contribution in [2.45, 2.75) is 6.92 Å². The minimum Gasteiger partial charge on any atom is -0.400 e. The Balaban J connectivity index is 0.000000615. The van der Waals surface area contributed by atoms with Crippen LogP contribution in [0.2, 0.25) is 10.0 Å². The number of aromatic nitrogens is 1. The molecule has 0 saturated carbocycles. The molecule has 0 aliphatic rings. The highest BCUT2D eigenvalue weighted by molar-refractivity contribution is 6.35. The monoisotopic (exact) mass is 369 g/mol. The van der Waals surface area contributed by atoms with Crippen molar-refractivity contribution in [2.75, 3.05) is 13.5 Å². The lowest BCUT2D eigenvalue weighted by molar-refractivity contribution is 0.399. The normalized spacial score (nSPS) is 9.52. The number of aryl methyl sites for hydroxylation is 1. The number of rotatable bonds is 1.